The average molecular weight is 560 g/mol. The first-order chi connectivity index (χ1) is 18.4. The molecule has 2 saturated carbocycles. The standard InChI is InChI=1S/C29H37NO10/c1-11(2)18-22(34)17(25(30)37)23(35)29(39)24(36)19-21(33)16-14(12(3)27(19,4)26(38)28(18,29)5)9-7-13(20(16)32)8-10-15(31)40-6/h7-12,17-19,22,24,26,32,34,36,38-39H,1-6H3,(H2,30,37)/t12-,17-,18+,19-,22?,24?,26-,27+,28+,29+/m1/s1. The lowest BCUT2D eigenvalue weighted by Crippen LogP contribution is -2.83. The molecule has 0 saturated heterocycles. The van der Waals surface area contributed by atoms with Crippen molar-refractivity contribution >= 4 is 29.5 Å². The van der Waals surface area contributed by atoms with E-state index >= 15 is 0 Å². The number of aliphatic hydroxyl groups excluding tert-OH is 3. The molecule has 40 heavy (non-hydrogen) atoms. The molecule has 7 N–H and O–H groups in total. The zero-order chi connectivity index (χ0) is 30.3. The van der Waals surface area contributed by atoms with Gasteiger partial charge in [0.05, 0.1) is 30.8 Å². The first kappa shape index (κ1) is 29.9. The summed E-state index contributed by atoms with van der Waals surface area (Å²) in [5, 5.41) is 58.5. The van der Waals surface area contributed by atoms with Crippen LogP contribution in [0.15, 0.2) is 18.2 Å². The molecule has 4 rings (SSSR count). The number of phenolic OH excluding ortho intramolecular Hbond substituents is 1. The number of aliphatic hydroxyl groups is 4. The van der Waals surface area contributed by atoms with E-state index in [0.717, 1.165) is 6.08 Å². The van der Waals surface area contributed by atoms with Crippen LogP contribution in [0.3, 0.4) is 0 Å². The molecule has 0 bridgehead atoms. The molecule has 218 valence electrons. The summed E-state index contributed by atoms with van der Waals surface area (Å²) in [5.74, 6) is -10.3. The largest absolute Gasteiger partial charge is 0.507 e. The molecule has 0 spiro atoms. The summed E-state index contributed by atoms with van der Waals surface area (Å²) in [6.07, 6.45) is -3.14. The molecule has 3 aliphatic carbocycles. The Morgan fingerprint density at radius 2 is 1.73 bits per heavy atom. The van der Waals surface area contributed by atoms with Gasteiger partial charge in [-0.05, 0) is 29.4 Å². The van der Waals surface area contributed by atoms with Gasteiger partial charge in [-0.3, -0.25) is 14.4 Å². The number of ketones is 2. The average Bonchev–Trinajstić information content (AvgIpc) is 2.87. The number of primary amides is 1. The van der Waals surface area contributed by atoms with E-state index in [4.69, 9.17) is 5.73 Å². The van der Waals surface area contributed by atoms with Gasteiger partial charge in [0.1, 0.15) is 17.8 Å². The van der Waals surface area contributed by atoms with Gasteiger partial charge in [0.2, 0.25) is 5.91 Å². The number of esters is 1. The molecular formula is C29H37NO10. The predicted molar refractivity (Wildman–Crippen MR) is 141 cm³/mol. The topological polar surface area (TPSA) is 205 Å². The van der Waals surface area contributed by atoms with E-state index in [-0.39, 0.29) is 11.1 Å². The molecule has 2 unspecified atom stereocenters. The normalized spacial score (nSPS) is 40.9. The molecule has 1 aromatic rings. The van der Waals surface area contributed by atoms with Gasteiger partial charge < -0.3 is 36.0 Å². The SMILES string of the molecule is COC(=O)C=Cc1ccc2c(c1O)C(=O)[C@@H]1C(O)[C@@]3(O)C(=O)[C@H](C(N)=O)C(O)[C@H](C(C)C)[C@@]3(C)[C@H](O)[C@@]1(C)[C@@H]2C. The summed E-state index contributed by atoms with van der Waals surface area (Å²) < 4.78 is 4.57. The van der Waals surface area contributed by atoms with Crippen molar-refractivity contribution < 1.29 is 49.4 Å². The van der Waals surface area contributed by atoms with E-state index in [1.165, 1.54) is 26.2 Å². The van der Waals surface area contributed by atoms with Gasteiger partial charge in [0.25, 0.3) is 0 Å². The van der Waals surface area contributed by atoms with Crippen LogP contribution in [0.1, 0.15) is 62.0 Å². The number of carbonyl (C=O) groups is 4. The number of rotatable bonds is 4. The third-order valence-corrected chi connectivity index (χ3v) is 10.2. The van der Waals surface area contributed by atoms with E-state index in [9.17, 15) is 44.7 Å². The maximum absolute atomic E-state index is 14.1. The van der Waals surface area contributed by atoms with Crippen LogP contribution in [0.25, 0.3) is 6.08 Å². The molecule has 10 atom stereocenters. The molecule has 3 aliphatic rings. The van der Waals surface area contributed by atoms with Crippen LogP contribution >= 0.6 is 0 Å². The van der Waals surface area contributed by atoms with Crippen LogP contribution in [0, 0.1) is 34.5 Å². The van der Waals surface area contributed by atoms with E-state index < -0.39 is 93.5 Å². The summed E-state index contributed by atoms with van der Waals surface area (Å²) in [4.78, 5) is 51.8. The Morgan fingerprint density at radius 1 is 1.12 bits per heavy atom. The molecule has 0 aromatic heterocycles. The van der Waals surface area contributed by atoms with Crippen LogP contribution in [0.5, 0.6) is 5.75 Å². The van der Waals surface area contributed by atoms with Crippen LogP contribution < -0.4 is 5.73 Å². The number of aromatic hydroxyl groups is 1. The molecule has 1 amide bonds. The maximum Gasteiger partial charge on any atom is 0.330 e. The van der Waals surface area contributed by atoms with Crippen LogP contribution in [0.4, 0.5) is 0 Å². The molecule has 11 nitrogen and oxygen atoms in total. The zero-order valence-corrected chi connectivity index (χ0v) is 23.3. The second-order valence-corrected chi connectivity index (χ2v) is 12.2. The van der Waals surface area contributed by atoms with Crippen LogP contribution in [-0.2, 0) is 19.1 Å². The van der Waals surface area contributed by atoms with Crippen molar-refractivity contribution in [2.24, 2.45) is 40.2 Å². The summed E-state index contributed by atoms with van der Waals surface area (Å²) in [6, 6.07) is 3.06. The second kappa shape index (κ2) is 9.47. The molecule has 0 aliphatic heterocycles. The number of nitrogens with two attached hydrogens (primary N) is 1. The monoisotopic (exact) mass is 559 g/mol. The Balaban J connectivity index is 1.99. The van der Waals surface area contributed by atoms with Crippen molar-refractivity contribution in [3.63, 3.8) is 0 Å². The molecule has 11 heteroatoms. The van der Waals surface area contributed by atoms with Gasteiger partial charge >= 0.3 is 5.97 Å². The lowest BCUT2D eigenvalue weighted by molar-refractivity contribution is -0.306. The molecule has 0 heterocycles. The van der Waals surface area contributed by atoms with Gasteiger partial charge in [0, 0.05) is 22.5 Å². The fraction of sp³-hybridized carbons (Fsp3) is 0.586. The predicted octanol–water partition coefficient (Wildman–Crippen LogP) is 0.291. The highest BCUT2D eigenvalue weighted by molar-refractivity contribution is 6.09. The number of amides is 1. The minimum Gasteiger partial charge on any atom is -0.507 e. The van der Waals surface area contributed by atoms with Crippen molar-refractivity contribution in [2.75, 3.05) is 7.11 Å². The Kier molecular flexibility index (Phi) is 7.07. The van der Waals surface area contributed by atoms with Crippen LogP contribution in [-0.4, -0.2) is 80.0 Å². The third kappa shape index (κ3) is 3.44. The molecule has 0 radical (unpaired) electrons. The number of benzene rings is 1. The smallest absolute Gasteiger partial charge is 0.330 e. The maximum atomic E-state index is 14.1. The number of phenols is 1. The van der Waals surface area contributed by atoms with Crippen molar-refractivity contribution in [3.05, 3.63) is 34.9 Å². The molecule has 1 aromatic carbocycles. The van der Waals surface area contributed by atoms with Gasteiger partial charge in [-0.1, -0.05) is 46.8 Å². The zero-order valence-electron chi connectivity index (χ0n) is 23.3. The summed E-state index contributed by atoms with van der Waals surface area (Å²) >= 11 is 0. The highest BCUT2D eigenvalue weighted by Gasteiger charge is 2.80. The highest BCUT2D eigenvalue weighted by atomic mass is 16.5. The number of methoxy groups -OCH3 is 1. The van der Waals surface area contributed by atoms with Crippen molar-refractivity contribution in [2.45, 2.75) is 64.4 Å². The van der Waals surface area contributed by atoms with Gasteiger partial charge in [-0.25, -0.2) is 4.79 Å². The van der Waals surface area contributed by atoms with Gasteiger partial charge in [-0.15, -0.1) is 0 Å². The number of ether oxygens (including phenoxy) is 1. The number of carbonyl (C=O) groups excluding carboxylic acids is 4. The van der Waals surface area contributed by atoms with Gasteiger partial charge in [0.15, 0.2) is 17.2 Å². The Labute approximate surface area is 231 Å². The third-order valence-electron chi connectivity index (χ3n) is 10.2. The van der Waals surface area contributed by atoms with Gasteiger partial charge in [-0.2, -0.15) is 0 Å². The first-order valence-electron chi connectivity index (χ1n) is 13.2. The number of hydrogen-bond acceptors (Lipinski definition) is 10. The fourth-order valence-corrected chi connectivity index (χ4v) is 8.14. The fourth-order valence-electron chi connectivity index (χ4n) is 8.14. The molecule has 2 fully saturated rings. The quantitative estimate of drug-likeness (QED) is 0.169. The molecular weight excluding hydrogens is 522 g/mol. The number of Topliss-reactive ketones (excluding diaryl/α,β-unsaturated/α-hetero) is 2. The summed E-state index contributed by atoms with van der Waals surface area (Å²) in [5.41, 5.74) is -0.512. The Morgan fingerprint density at radius 3 is 2.25 bits per heavy atom. The Hall–Kier alpha value is -3.12. The van der Waals surface area contributed by atoms with Crippen molar-refractivity contribution in [1.29, 1.82) is 0 Å². The first-order valence-corrected chi connectivity index (χ1v) is 13.2. The number of fused-ring (bicyclic) bond motifs is 3. The Bertz CT molecular complexity index is 1320. The summed E-state index contributed by atoms with van der Waals surface area (Å²) in [7, 11) is 1.18. The van der Waals surface area contributed by atoms with Crippen LogP contribution in [0.2, 0.25) is 0 Å². The van der Waals surface area contributed by atoms with Crippen molar-refractivity contribution in [3.8, 4) is 5.75 Å². The minimum absolute atomic E-state index is 0.105. The van der Waals surface area contributed by atoms with E-state index in [2.05, 4.69) is 4.74 Å². The van der Waals surface area contributed by atoms with E-state index in [1.54, 1.807) is 33.8 Å². The summed E-state index contributed by atoms with van der Waals surface area (Å²) in [6.45, 7) is 8.03. The number of hydrogen-bond donors (Lipinski definition) is 6. The lowest BCUT2D eigenvalue weighted by atomic mass is 9.36. The second-order valence-electron chi connectivity index (χ2n) is 12.2. The van der Waals surface area contributed by atoms with E-state index in [0.29, 0.717) is 5.56 Å². The lowest BCUT2D eigenvalue weighted by Gasteiger charge is -2.69. The minimum atomic E-state index is -2.85. The highest BCUT2D eigenvalue weighted by Crippen LogP contribution is 2.68. The van der Waals surface area contributed by atoms with Crippen molar-refractivity contribution in [1.82, 2.24) is 0 Å². The van der Waals surface area contributed by atoms with E-state index in [1.807, 2.05) is 0 Å².